The van der Waals surface area contributed by atoms with Gasteiger partial charge in [0, 0.05) is 12.6 Å². The number of anilines is 1. The van der Waals surface area contributed by atoms with Crippen molar-refractivity contribution in [3.8, 4) is 0 Å². The Kier molecular flexibility index (Phi) is 4.35. The third-order valence-electron chi connectivity index (χ3n) is 3.22. The van der Waals surface area contributed by atoms with Crippen molar-refractivity contribution < 1.29 is 13.2 Å². The van der Waals surface area contributed by atoms with Crippen LogP contribution in [0.25, 0.3) is 0 Å². The summed E-state index contributed by atoms with van der Waals surface area (Å²) in [5.74, 6) is 0. The Morgan fingerprint density at radius 1 is 1.53 bits per heavy atom. The van der Waals surface area contributed by atoms with Crippen molar-refractivity contribution >= 4 is 27.3 Å². The van der Waals surface area contributed by atoms with Gasteiger partial charge in [-0.05, 0) is 24.6 Å². The highest BCUT2D eigenvalue weighted by molar-refractivity contribution is 7.89. The summed E-state index contributed by atoms with van der Waals surface area (Å²) >= 11 is 5.82. The Bertz CT molecular complexity index is 562. The summed E-state index contributed by atoms with van der Waals surface area (Å²) < 4.78 is 32.0. The van der Waals surface area contributed by atoms with E-state index in [-0.39, 0.29) is 16.6 Å². The number of sulfonamides is 1. The van der Waals surface area contributed by atoms with Crippen LogP contribution in [0.5, 0.6) is 0 Å². The van der Waals surface area contributed by atoms with Gasteiger partial charge in [0.1, 0.15) is 0 Å². The molecule has 0 aliphatic carbocycles. The first-order valence-corrected chi connectivity index (χ1v) is 7.93. The van der Waals surface area contributed by atoms with Crippen LogP contribution in [0, 0.1) is 0 Å². The van der Waals surface area contributed by atoms with Crippen LogP contribution in [0.15, 0.2) is 23.1 Å². The molecular weight excluding hydrogens is 288 g/mol. The molecule has 0 spiro atoms. The van der Waals surface area contributed by atoms with Crippen LogP contribution < -0.4 is 5.73 Å². The number of hydrogen-bond donors (Lipinski definition) is 1. The molecule has 1 aliphatic heterocycles. The lowest BCUT2D eigenvalue weighted by Gasteiger charge is -2.34. The molecule has 2 rings (SSSR count). The van der Waals surface area contributed by atoms with E-state index in [0.29, 0.717) is 31.2 Å². The Morgan fingerprint density at radius 3 is 2.89 bits per heavy atom. The molecule has 0 saturated carbocycles. The maximum atomic E-state index is 12.6. The second kappa shape index (κ2) is 5.66. The zero-order chi connectivity index (χ0) is 14.0. The van der Waals surface area contributed by atoms with Crippen LogP contribution in [-0.4, -0.2) is 38.5 Å². The lowest BCUT2D eigenvalue weighted by molar-refractivity contribution is 0.0314. The van der Waals surface area contributed by atoms with Crippen molar-refractivity contribution in [2.75, 3.05) is 25.5 Å². The lowest BCUT2D eigenvalue weighted by Crippen LogP contribution is -2.48. The van der Waals surface area contributed by atoms with Crippen molar-refractivity contribution in [2.24, 2.45) is 0 Å². The molecule has 0 radical (unpaired) electrons. The van der Waals surface area contributed by atoms with Gasteiger partial charge >= 0.3 is 0 Å². The third-order valence-corrected chi connectivity index (χ3v) is 5.51. The summed E-state index contributed by atoms with van der Waals surface area (Å²) in [6.07, 6.45) is 0.711. The first kappa shape index (κ1) is 14.6. The van der Waals surface area contributed by atoms with E-state index in [1.54, 1.807) is 0 Å². The van der Waals surface area contributed by atoms with Gasteiger partial charge in [-0.3, -0.25) is 0 Å². The second-order valence-electron chi connectivity index (χ2n) is 4.44. The molecule has 19 heavy (non-hydrogen) atoms. The molecule has 1 unspecified atom stereocenters. The van der Waals surface area contributed by atoms with Crippen LogP contribution in [0.1, 0.15) is 13.3 Å². The van der Waals surface area contributed by atoms with Gasteiger partial charge in [0.25, 0.3) is 0 Å². The molecule has 106 valence electrons. The van der Waals surface area contributed by atoms with Gasteiger partial charge in [-0.2, -0.15) is 4.31 Å². The average molecular weight is 305 g/mol. The number of benzene rings is 1. The zero-order valence-electron chi connectivity index (χ0n) is 10.7. The van der Waals surface area contributed by atoms with Crippen molar-refractivity contribution in [2.45, 2.75) is 24.3 Å². The van der Waals surface area contributed by atoms with Crippen LogP contribution in [-0.2, 0) is 14.8 Å². The summed E-state index contributed by atoms with van der Waals surface area (Å²) in [4.78, 5) is 0.176. The number of nitrogens with zero attached hydrogens (tertiary/aromatic N) is 1. The summed E-state index contributed by atoms with van der Waals surface area (Å²) in [5, 5.41) is 0.355. The number of ether oxygens (including phenoxy) is 1. The molecule has 0 amide bonds. The number of hydrogen-bond acceptors (Lipinski definition) is 4. The highest BCUT2D eigenvalue weighted by Crippen LogP contribution is 2.26. The first-order chi connectivity index (χ1) is 8.96. The molecule has 1 aromatic rings. The third kappa shape index (κ3) is 2.86. The molecular formula is C12H17ClN2O3S. The summed E-state index contributed by atoms with van der Waals surface area (Å²) in [6.45, 7) is 3.15. The summed E-state index contributed by atoms with van der Waals surface area (Å²) in [7, 11) is -3.55. The van der Waals surface area contributed by atoms with E-state index in [1.807, 2.05) is 6.92 Å². The maximum Gasteiger partial charge on any atom is 0.243 e. The normalized spacial score (nSPS) is 21.5. The molecule has 7 heteroatoms. The van der Waals surface area contributed by atoms with E-state index in [9.17, 15) is 8.42 Å². The molecule has 1 saturated heterocycles. The number of nitrogens with two attached hydrogens (primary N) is 1. The lowest BCUT2D eigenvalue weighted by atomic mass is 10.2. The van der Waals surface area contributed by atoms with Gasteiger partial charge in [0.2, 0.25) is 10.0 Å². The molecule has 1 atom stereocenters. The molecule has 1 aliphatic rings. The Hall–Kier alpha value is -0.820. The molecule has 2 N–H and O–H groups in total. The standard InChI is InChI=1S/C12H17ClN2O3S/c1-2-9-8-18-6-5-15(9)19(16,17)10-3-4-11(13)12(14)7-10/h3-4,7,9H,2,5-6,8,14H2,1H3. The van der Waals surface area contributed by atoms with Gasteiger partial charge < -0.3 is 10.5 Å². The van der Waals surface area contributed by atoms with E-state index in [1.165, 1.54) is 22.5 Å². The highest BCUT2D eigenvalue weighted by atomic mass is 35.5. The fourth-order valence-corrected chi connectivity index (χ4v) is 3.92. The summed E-state index contributed by atoms with van der Waals surface area (Å²) in [5.41, 5.74) is 5.94. The molecule has 1 aromatic carbocycles. The molecule has 1 heterocycles. The predicted molar refractivity (Wildman–Crippen MR) is 74.7 cm³/mol. The van der Waals surface area contributed by atoms with Crippen molar-refractivity contribution in [1.29, 1.82) is 0 Å². The van der Waals surface area contributed by atoms with Gasteiger partial charge in [0.05, 0.1) is 28.8 Å². The fraction of sp³-hybridized carbons (Fsp3) is 0.500. The smallest absolute Gasteiger partial charge is 0.243 e. The first-order valence-electron chi connectivity index (χ1n) is 6.11. The maximum absolute atomic E-state index is 12.6. The summed E-state index contributed by atoms with van der Waals surface area (Å²) in [6, 6.07) is 4.26. The minimum atomic E-state index is -3.55. The van der Waals surface area contributed by atoms with E-state index >= 15 is 0 Å². The van der Waals surface area contributed by atoms with Crippen LogP contribution in [0.2, 0.25) is 5.02 Å². The Labute approximate surface area is 118 Å². The van der Waals surface area contributed by atoms with Crippen molar-refractivity contribution in [3.05, 3.63) is 23.2 Å². The van der Waals surface area contributed by atoms with Crippen LogP contribution in [0.3, 0.4) is 0 Å². The molecule has 1 fully saturated rings. The predicted octanol–water partition coefficient (Wildman–Crippen LogP) is 1.72. The zero-order valence-corrected chi connectivity index (χ0v) is 12.2. The van der Waals surface area contributed by atoms with Crippen LogP contribution in [0.4, 0.5) is 5.69 Å². The van der Waals surface area contributed by atoms with E-state index < -0.39 is 10.0 Å². The van der Waals surface area contributed by atoms with Crippen LogP contribution >= 0.6 is 11.6 Å². The largest absolute Gasteiger partial charge is 0.397 e. The van der Waals surface area contributed by atoms with E-state index in [4.69, 9.17) is 22.1 Å². The van der Waals surface area contributed by atoms with Gasteiger partial charge in [0.15, 0.2) is 0 Å². The van der Waals surface area contributed by atoms with Crippen molar-refractivity contribution in [3.63, 3.8) is 0 Å². The Balaban J connectivity index is 2.37. The molecule has 0 aromatic heterocycles. The molecule has 0 bridgehead atoms. The minimum absolute atomic E-state index is 0.129. The monoisotopic (exact) mass is 304 g/mol. The quantitative estimate of drug-likeness (QED) is 0.863. The Morgan fingerprint density at radius 2 is 2.26 bits per heavy atom. The number of rotatable bonds is 3. The second-order valence-corrected chi connectivity index (χ2v) is 6.73. The number of nitrogen functional groups attached to an aromatic ring is 1. The van der Waals surface area contributed by atoms with E-state index in [2.05, 4.69) is 0 Å². The average Bonchev–Trinajstić information content (AvgIpc) is 2.41. The van der Waals surface area contributed by atoms with Gasteiger partial charge in [-0.1, -0.05) is 18.5 Å². The van der Waals surface area contributed by atoms with Gasteiger partial charge in [-0.15, -0.1) is 0 Å². The SMILES string of the molecule is CCC1COCCN1S(=O)(=O)c1ccc(Cl)c(N)c1. The highest BCUT2D eigenvalue weighted by Gasteiger charge is 2.33. The van der Waals surface area contributed by atoms with Crippen molar-refractivity contribution in [1.82, 2.24) is 4.31 Å². The number of morpholine rings is 1. The molecule has 5 nitrogen and oxygen atoms in total. The number of halogens is 1. The van der Waals surface area contributed by atoms with Gasteiger partial charge in [-0.25, -0.2) is 8.42 Å². The minimum Gasteiger partial charge on any atom is -0.397 e. The topological polar surface area (TPSA) is 72.6 Å². The van der Waals surface area contributed by atoms with E-state index in [0.717, 1.165) is 0 Å². The fourth-order valence-electron chi connectivity index (χ4n) is 2.10.